The maximum absolute atomic E-state index is 5.49. The molecule has 0 aromatic carbocycles. The molecule has 1 aliphatic rings. The number of fused-ring (bicyclic) bond motifs is 1. The molecule has 4 heterocycles. The van der Waals surface area contributed by atoms with Gasteiger partial charge in [-0.25, -0.2) is 9.50 Å². The van der Waals surface area contributed by atoms with Crippen molar-refractivity contribution in [1.29, 1.82) is 0 Å². The predicted octanol–water partition coefficient (Wildman–Crippen LogP) is 2.47. The number of nitrogens with zero attached hydrogens (tertiary/aromatic N) is 4. The molecule has 1 unspecified atom stereocenters. The number of aryl methyl sites for hydroxylation is 2. The standard InChI is InChI=1S/C16H19N5O/c1-10-7-15-18-9-13(14-6-11(2)20-22-14)16(21(15)19-10)12-4-3-5-17-8-12/h6-7,9,12,17H,3-5,8H2,1-2H3. The first-order chi connectivity index (χ1) is 10.7. The smallest absolute Gasteiger partial charge is 0.170 e. The van der Waals surface area contributed by atoms with Gasteiger partial charge in [0.2, 0.25) is 0 Å². The number of piperidine rings is 1. The maximum Gasteiger partial charge on any atom is 0.170 e. The van der Waals surface area contributed by atoms with Crippen molar-refractivity contribution in [2.45, 2.75) is 32.6 Å². The van der Waals surface area contributed by atoms with Gasteiger partial charge in [0.05, 0.1) is 22.6 Å². The molecule has 6 heteroatoms. The molecular weight excluding hydrogens is 278 g/mol. The van der Waals surface area contributed by atoms with E-state index in [4.69, 9.17) is 4.52 Å². The normalized spacial score (nSPS) is 18.9. The summed E-state index contributed by atoms with van der Waals surface area (Å²) in [6.45, 7) is 5.96. The molecule has 0 amide bonds. The molecule has 1 saturated heterocycles. The fourth-order valence-corrected chi connectivity index (χ4v) is 3.22. The van der Waals surface area contributed by atoms with E-state index in [2.05, 4.69) is 20.6 Å². The van der Waals surface area contributed by atoms with Crippen LogP contribution < -0.4 is 5.32 Å². The van der Waals surface area contributed by atoms with E-state index in [1.165, 1.54) is 12.1 Å². The van der Waals surface area contributed by atoms with E-state index in [0.29, 0.717) is 5.92 Å². The fraction of sp³-hybridized carbons (Fsp3) is 0.438. The average molecular weight is 297 g/mol. The SMILES string of the molecule is Cc1cc(-c2cnc3cc(C)nn3c2C2CCCNC2)on1. The summed E-state index contributed by atoms with van der Waals surface area (Å²) in [7, 11) is 0. The molecule has 0 saturated carbocycles. The number of hydrogen-bond donors (Lipinski definition) is 1. The zero-order valence-electron chi connectivity index (χ0n) is 12.8. The monoisotopic (exact) mass is 297 g/mol. The van der Waals surface area contributed by atoms with Crippen molar-refractivity contribution in [1.82, 2.24) is 25.1 Å². The van der Waals surface area contributed by atoms with E-state index in [9.17, 15) is 0 Å². The highest BCUT2D eigenvalue weighted by Gasteiger charge is 2.25. The van der Waals surface area contributed by atoms with Crippen LogP contribution in [0.15, 0.2) is 22.9 Å². The van der Waals surface area contributed by atoms with E-state index in [1.807, 2.05) is 36.7 Å². The lowest BCUT2D eigenvalue weighted by Crippen LogP contribution is -2.30. The summed E-state index contributed by atoms with van der Waals surface area (Å²) in [6.07, 6.45) is 4.20. The van der Waals surface area contributed by atoms with Crippen LogP contribution in [0.5, 0.6) is 0 Å². The van der Waals surface area contributed by atoms with Crippen LogP contribution in [-0.2, 0) is 0 Å². The average Bonchev–Trinajstić information content (AvgIpc) is 3.11. The first kappa shape index (κ1) is 13.5. The molecule has 3 aromatic rings. The molecule has 1 N–H and O–H groups in total. The van der Waals surface area contributed by atoms with Crippen LogP contribution in [0.4, 0.5) is 0 Å². The van der Waals surface area contributed by atoms with E-state index < -0.39 is 0 Å². The van der Waals surface area contributed by atoms with Crippen LogP contribution in [0.1, 0.15) is 35.8 Å². The molecule has 4 rings (SSSR count). The van der Waals surface area contributed by atoms with Crippen molar-refractivity contribution in [2.24, 2.45) is 0 Å². The molecule has 0 spiro atoms. The third kappa shape index (κ3) is 2.20. The van der Waals surface area contributed by atoms with Crippen LogP contribution in [0.3, 0.4) is 0 Å². The Morgan fingerprint density at radius 2 is 2.18 bits per heavy atom. The van der Waals surface area contributed by atoms with Crippen LogP contribution in [0.2, 0.25) is 0 Å². The highest BCUT2D eigenvalue weighted by atomic mass is 16.5. The minimum atomic E-state index is 0.402. The summed E-state index contributed by atoms with van der Waals surface area (Å²) in [4.78, 5) is 4.54. The lowest BCUT2D eigenvalue weighted by molar-refractivity contribution is 0.421. The van der Waals surface area contributed by atoms with Crippen LogP contribution in [-0.4, -0.2) is 32.8 Å². The molecule has 6 nitrogen and oxygen atoms in total. The minimum absolute atomic E-state index is 0.402. The molecule has 3 aromatic heterocycles. The Hall–Kier alpha value is -2.21. The first-order valence-corrected chi connectivity index (χ1v) is 7.72. The van der Waals surface area contributed by atoms with Crippen molar-refractivity contribution >= 4 is 5.65 Å². The van der Waals surface area contributed by atoms with Gasteiger partial charge in [0.15, 0.2) is 11.4 Å². The molecule has 0 aliphatic carbocycles. The van der Waals surface area contributed by atoms with Crippen molar-refractivity contribution in [3.05, 3.63) is 35.4 Å². The van der Waals surface area contributed by atoms with Gasteiger partial charge in [0.1, 0.15) is 0 Å². The molecule has 1 aliphatic heterocycles. The zero-order chi connectivity index (χ0) is 15.1. The van der Waals surface area contributed by atoms with Gasteiger partial charge in [-0.3, -0.25) is 0 Å². The van der Waals surface area contributed by atoms with Crippen molar-refractivity contribution in [3.8, 4) is 11.3 Å². The van der Waals surface area contributed by atoms with Crippen molar-refractivity contribution in [2.75, 3.05) is 13.1 Å². The third-order valence-electron chi connectivity index (χ3n) is 4.22. The molecule has 114 valence electrons. The van der Waals surface area contributed by atoms with Gasteiger partial charge in [0, 0.05) is 30.8 Å². The van der Waals surface area contributed by atoms with Crippen molar-refractivity contribution < 1.29 is 4.52 Å². The molecule has 0 bridgehead atoms. The number of aromatic nitrogens is 4. The number of nitrogens with one attached hydrogen (secondary N) is 1. The Bertz CT molecular complexity index is 813. The summed E-state index contributed by atoms with van der Waals surface area (Å²) in [5, 5.41) is 12.1. The quantitative estimate of drug-likeness (QED) is 0.787. The highest BCUT2D eigenvalue weighted by molar-refractivity contribution is 5.63. The van der Waals surface area contributed by atoms with Gasteiger partial charge in [-0.05, 0) is 33.2 Å². The Morgan fingerprint density at radius 1 is 1.27 bits per heavy atom. The summed E-state index contributed by atoms with van der Waals surface area (Å²) in [6, 6.07) is 3.97. The molecule has 22 heavy (non-hydrogen) atoms. The maximum atomic E-state index is 5.49. The minimum Gasteiger partial charge on any atom is -0.356 e. The van der Waals surface area contributed by atoms with Gasteiger partial charge < -0.3 is 9.84 Å². The van der Waals surface area contributed by atoms with Crippen LogP contribution in [0, 0.1) is 13.8 Å². The van der Waals surface area contributed by atoms with Gasteiger partial charge in [-0.15, -0.1) is 0 Å². The molecule has 0 radical (unpaired) electrons. The predicted molar refractivity (Wildman–Crippen MR) is 82.8 cm³/mol. The molecule has 1 fully saturated rings. The summed E-state index contributed by atoms with van der Waals surface area (Å²) >= 11 is 0. The second-order valence-electron chi connectivity index (χ2n) is 5.99. The van der Waals surface area contributed by atoms with Crippen LogP contribution >= 0.6 is 0 Å². The van der Waals surface area contributed by atoms with E-state index in [1.54, 1.807) is 0 Å². The largest absolute Gasteiger partial charge is 0.356 e. The first-order valence-electron chi connectivity index (χ1n) is 7.72. The van der Waals surface area contributed by atoms with Crippen LogP contribution in [0.25, 0.3) is 17.0 Å². The Labute approximate surface area is 128 Å². The third-order valence-corrected chi connectivity index (χ3v) is 4.22. The second-order valence-corrected chi connectivity index (χ2v) is 5.99. The van der Waals surface area contributed by atoms with E-state index in [-0.39, 0.29) is 0 Å². The van der Waals surface area contributed by atoms with Gasteiger partial charge >= 0.3 is 0 Å². The van der Waals surface area contributed by atoms with Crippen molar-refractivity contribution in [3.63, 3.8) is 0 Å². The van der Waals surface area contributed by atoms with E-state index >= 15 is 0 Å². The van der Waals surface area contributed by atoms with Gasteiger partial charge in [-0.1, -0.05) is 5.16 Å². The number of hydrogen-bond acceptors (Lipinski definition) is 5. The lowest BCUT2D eigenvalue weighted by Gasteiger charge is -2.24. The summed E-state index contributed by atoms with van der Waals surface area (Å²) in [5.41, 5.74) is 4.90. The second kappa shape index (κ2) is 5.21. The molecular formula is C16H19N5O. The fourth-order valence-electron chi connectivity index (χ4n) is 3.22. The Morgan fingerprint density at radius 3 is 2.91 bits per heavy atom. The van der Waals surface area contributed by atoms with Gasteiger partial charge in [-0.2, -0.15) is 5.10 Å². The zero-order valence-corrected chi connectivity index (χ0v) is 12.8. The summed E-state index contributed by atoms with van der Waals surface area (Å²) < 4.78 is 7.46. The molecule has 1 atom stereocenters. The topological polar surface area (TPSA) is 68.2 Å². The van der Waals surface area contributed by atoms with E-state index in [0.717, 1.165) is 47.9 Å². The lowest BCUT2D eigenvalue weighted by atomic mass is 9.92. The Kier molecular flexibility index (Phi) is 3.18. The summed E-state index contributed by atoms with van der Waals surface area (Å²) in [5.74, 6) is 1.17. The number of rotatable bonds is 2. The van der Waals surface area contributed by atoms with Gasteiger partial charge in [0.25, 0.3) is 0 Å². The highest BCUT2D eigenvalue weighted by Crippen LogP contribution is 2.33. The Balaban J connectivity index is 1.94.